The summed E-state index contributed by atoms with van der Waals surface area (Å²) in [5.74, 6) is 0.791. The quantitative estimate of drug-likeness (QED) is 0.375. The maximum atomic E-state index is 13.1. The zero-order valence-electron chi connectivity index (χ0n) is 20.8. The third-order valence-corrected chi connectivity index (χ3v) is 5.34. The van der Waals surface area contributed by atoms with Crippen molar-refractivity contribution in [1.82, 2.24) is 14.6 Å². The third kappa shape index (κ3) is 5.09. The van der Waals surface area contributed by atoms with E-state index in [1.165, 1.54) is 0 Å². The molecule has 4 N–H and O–H groups in total. The number of carbonyl (C=O) groups is 1. The van der Waals surface area contributed by atoms with E-state index >= 15 is 0 Å². The normalized spacial score (nSPS) is 12.9. The zero-order valence-corrected chi connectivity index (χ0v) is 20.8. The summed E-state index contributed by atoms with van der Waals surface area (Å²) in [6.07, 6.45) is 2.55. The number of aromatic hydroxyl groups is 1. The highest BCUT2D eigenvalue weighted by Crippen LogP contribution is 2.35. The van der Waals surface area contributed by atoms with Crippen LogP contribution in [0.15, 0.2) is 24.4 Å². The van der Waals surface area contributed by atoms with Crippen LogP contribution in [0.2, 0.25) is 0 Å². The molecular formula is C25H37N5O2. The molecule has 7 nitrogen and oxygen atoms in total. The number of aromatic amines is 1. The summed E-state index contributed by atoms with van der Waals surface area (Å²) in [6.45, 7) is 19.3. The number of amides is 1. The molecule has 0 aliphatic heterocycles. The standard InChI is InChI=1S/C25H37N5O2/c1-15-12-16(31)10-11-18(15)27-22(32)17-13-26-30-20(17)28-19(24(5,6)7)21(30)29-25(8,9)14-23(2,3)4/h10-13,28-29,31H,14H2,1-9H3,(H,27,32). The van der Waals surface area contributed by atoms with E-state index in [1.807, 2.05) is 6.92 Å². The molecule has 0 saturated heterocycles. The molecule has 0 saturated carbocycles. The maximum Gasteiger partial charge on any atom is 0.261 e. The predicted molar refractivity (Wildman–Crippen MR) is 131 cm³/mol. The molecule has 174 valence electrons. The average molecular weight is 440 g/mol. The minimum atomic E-state index is -0.254. The van der Waals surface area contributed by atoms with Crippen LogP contribution < -0.4 is 10.6 Å². The van der Waals surface area contributed by atoms with Crippen molar-refractivity contribution in [3.8, 4) is 5.75 Å². The van der Waals surface area contributed by atoms with Crippen LogP contribution in [0.3, 0.4) is 0 Å². The van der Waals surface area contributed by atoms with Crippen LogP contribution in [0.25, 0.3) is 5.65 Å². The minimum absolute atomic E-state index is 0.158. The van der Waals surface area contributed by atoms with Gasteiger partial charge in [0.15, 0.2) is 0 Å². The fourth-order valence-electron chi connectivity index (χ4n) is 4.41. The number of nitrogens with one attached hydrogen (secondary N) is 3. The van der Waals surface area contributed by atoms with E-state index < -0.39 is 0 Å². The van der Waals surface area contributed by atoms with Gasteiger partial charge in [-0.15, -0.1) is 0 Å². The molecule has 0 bridgehead atoms. The molecule has 2 heterocycles. The molecule has 1 aromatic carbocycles. The monoisotopic (exact) mass is 439 g/mol. The van der Waals surface area contributed by atoms with Crippen molar-refractivity contribution < 1.29 is 9.90 Å². The van der Waals surface area contributed by atoms with Gasteiger partial charge < -0.3 is 20.7 Å². The molecule has 0 fully saturated rings. The molecule has 0 radical (unpaired) electrons. The Kier molecular flexibility index (Phi) is 5.83. The van der Waals surface area contributed by atoms with E-state index in [2.05, 4.69) is 76.1 Å². The number of nitrogens with zero attached hydrogens (tertiary/aromatic N) is 2. The lowest BCUT2D eigenvalue weighted by Crippen LogP contribution is -2.36. The molecule has 2 aromatic heterocycles. The highest BCUT2D eigenvalue weighted by atomic mass is 16.3. The molecule has 0 spiro atoms. The minimum Gasteiger partial charge on any atom is -0.508 e. The Morgan fingerprint density at radius 1 is 1.12 bits per heavy atom. The highest BCUT2D eigenvalue weighted by molar-refractivity contribution is 6.08. The Morgan fingerprint density at radius 3 is 2.34 bits per heavy atom. The molecule has 32 heavy (non-hydrogen) atoms. The van der Waals surface area contributed by atoms with Gasteiger partial charge in [0.1, 0.15) is 22.8 Å². The van der Waals surface area contributed by atoms with E-state index in [-0.39, 0.29) is 28.0 Å². The lowest BCUT2D eigenvalue weighted by molar-refractivity contribution is 0.102. The van der Waals surface area contributed by atoms with Crippen LogP contribution in [0.5, 0.6) is 5.75 Å². The van der Waals surface area contributed by atoms with Crippen molar-refractivity contribution in [3.63, 3.8) is 0 Å². The van der Waals surface area contributed by atoms with Gasteiger partial charge in [0.2, 0.25) is 0 Å². The van der Waals surface area contributed by atoms with Gasteiger partial charge in [0.05, 0.1) is 11.9 Å². The Labute approximate surface area is 190 Å². The second-order valence-electron chi connectivity index (χ2n) is 11.6. The first-order chi connectivity index (χ1) is 14.6. The van der Waals surface area contributed by atoms with E-state index in [9.17, 15) is 9.90 Å². The summed E-state index contributed by atoms with van der Waals surface area (Å²) in [4.78, 5) is 16.6. The van der Waals surface area contributed by atoms with E-state index in [1.54, 1.807) is 28.9 Å². The number of imidazole rings is 1. The number of hydrogen-bond acceptors (Lipinski definition) is 4. The van der Waals surface area contributed by atoms with Gasteiger partial charge in [-0.1, -0.05) is 41.5 Å². The van der Waals surface area contributed by atoms with Gasteiger partial charge in [-0.05, 0) is 56.4 Å². The molecule has 0 atom stereocenters. The maximum absolute atomic E-state index is 13.1. The van der Waals surface area contributed by atoms with Crippen molar-refractivity contribution in [2.45, 2.75) is 79.7 Å². The molecule has 7 heteroatoms. The number of benzene rings is 1. The molecule has 1 amide bonds. The molecule has 3 rings (SSSR count). The van der Waals surface area contributed by atoms with Crippen molar-refractivity contribution in [1.29, 1.82) is 0 Å². The van der Waals surface area contributed by atoms with Gasteiger partial charge in [0, 0.05) is 16.6 Å². The first kappa shape index (κ1) is 23.7. The summed E-state index contributed by atoms with van der Waals surface area (Å²) in [5, 5.41) is 20.8. The summed E-state index contributed by atoms with van der Waals surface area (Å²) in [5.41, 5.74) is 3.35. The van der Waals surface area contributed by atoms with Crippen molar-refractivity contribution >= 4 is 23.1 Å². The number of fused-ring (bicyclic) bond motifs is 1. The number of rotatable bonds is 5. The first-order valence-electron chi connectivity index (χ1n) is 11.1. The molecule has 0 unspecified atom stereocenters. The highest BCUT2D eigenvalue weighted by Gasteiger charge is 2.32. The van der Waals surface area contributed by atoms with Crippen molar-refractivity contribution in [2.75, 3.05) is 10.6 Å². The Morgan fingerprint density at radius 2 is 1.78 bits per heavy atom. The molecule has 0 aliphatic rings. The SMILES string of the molecule is Cc1cc(O)ccc1NC(=O)c1cnn2c(NC(C)(C)CC(C)(C)C)c(C(C)(C)C)[nH]c12. The van der Waals surface area contributed by atoms with Crippen molar-refractivity contribution in [2.24, 2.45) is 5.41 Å². The number of phenols is 1. The number of aromatic nitrogens is 3. The molecule has 3 aromatic rings. The largest absolute Gasteiger partial charge is 0.508 e. The Bertz CT molecular complexity index is 1140. The number of aryl methyl sites for hydroxylation is 1. The predicted octanol–water partition coefficient (Wildman–Crippen LogP) is 5.85. The van der Waals surface area contributed by atoms with E-state index in [0.29, 0.717) is 16.9 Å². The van der Waals surface area contributed by atoms with E-state index in [4.69, 9.17) is 0 Å². The van der Waals surface area contributed by atoms with Gasteiger partial charge in [-0.2, -0.15) is 9.61 Å². The number of carbonyl (C=O) groups excluding carboxylic acids is 1. The summed E-state index contributed by atoms with van der Waals surface area (Å²) >= 11 is 0. The number of H-pyrrole nitrogens is 1. The second-order valence-corrected chi connectivity index (χ2v) is 11.6. The average Bonchev–Trinajstić information content (AvgIpc) is 3.15. The summed E-state index contributed by atoms with van der Waals surface area (Å²) < 4.78 is 1.80. The van der Waals surface area contributed by atoms with Crippen LogP contribution in [0.1, 0.15) is 83.4 Å². The van der Waals surface area contributed by atoms with Gasteiger partial charge >= 0.3 is 0 Å². The van der Waals surface area contributed by atoms with E-state index in [0.717, 1.165) is 23.5 Å². The summed E-state index contributed by atoms with van der Waals surface area (Å²) in [6, 6.07) is 4.87. The molecule has 0 aliphatic carbocycles. The smallest absolute Gasteiger partial charge is 0.261 e. The topological polar surface area (TPSA) is 94.4 Å². The van der Waals surface area contributed by atoms with Crippen molar-refractivity contribution in [3.05, 3.63) is 41.2 Å². The third-order valence-electron chi connectivity index (χ3n) is 5.34. The lowest BCUT2D eigenvalue weighted by atomic mass is 9.81. The second kappa shape index (κ2) is 7.87. The Balaban J connectivity index is 2.02. The molecular weight excluding hydrogens is 402 g/mol. The zero-order chi connectivity index (χ0) is 24.1. The summed E-state index contributed by atoms with van der Waals surface area (Å²) in [7, 11) is 0. The van der Waals surface area contributed by atoms with Crippen LogP contribution in [0, 0.1) is 12.3 Å². The fourth-order valence-corrected chi connectivity index (χ4v) is 4.41. The fraction of sp³-hybridized carbons (Fsp3) is 0.520. The number of anilines is 2. The number of phenolic OH excluding ortho intramolecular Hbond substituents is 1. The van der Waals surface area contributed by atoms with Crippen LogP contribution in [0.4, 0.5) is 11.5 Å². The van der Waals surface area contributed by atoms with Gasteiger partial charge in [-0.25, -0.2) is 0 Å². The van der Waals surface area contributed by atoms with Gasteiger partial charge in [-0.3, -0.25) is 4.79 Å². The number of hydrogen-bond donors (Lipinski definition) is 4. The lowest BCUT2D eigenvalue weighted by Gasteiger charge is -2.34. The van der Waals surface area contributed by atoms with Crippen LogP contribution >= 0.6 is 0 Å². The van der Waals surface area contributed by atoms with Crippen LogP contribution in [-0.4, -0.2) is 31.2 Å². The van der Waals surface area contributed by atoms with Gasteiger partial charge in [0.25, 0.3) is 5.91 Å². The first-order valence-corrected chi connectivity index (χ1v) is 11.1. The van der Waals surface area contributed by atoms with Crippen LogP contribution in [-0.2, 0) is 5.41 Å². The Hall–Kier alpha value is -2.96.